The Balaban J connectivity index is 1.97. The van der Waals surface area contributed by atoms with Crippen LogP contribution in [0.1, 0.15) is 27.8 Å². The first-order valence-electron chi connectivity index (χ1n) is 7.34. The lowest BCUT2D eigenvalue weighted by molar-refractivity contribution is 0.0940. The number of amides is 1. The van der Waals surface area contributed by atoms with Gasteiger partial charge < -0.3 is 9.88 Å². The van der Waals surface area contributed by atoms with Crippen molar-refractivity contribution in [3.63, 3.8) is 0 Å². The lowest BCUT2D eigenvalue weighted by Gasteiger charge is -2.19. The Morgan fingerprint density at radius 2 is 1.83 bits per heavy atom. The van der Waals surface area contributed by atoms with Gasteiger partial charge in [-0.05, 0) is 30.3 Å². The van der Waals surface area contributed by atoms with Gasteiger partial charge in [-0.1, -0.05) is 18.2 Å². The predicted molar refractivity (Wildman–Crippen MR) is 85.3 cm³/mol. The van der Waals surface area contributed by atoms with Gasteiger partial charge in [0.25, 0.3) is 5.91 Å². The second kappa shape index (κ2) is 6.62. The van der Waals surface area contributed by atoms with E-state index in [4.69, 9.17) is 0 Å². The summed E-state index contributed by atoms with van der Waals surface area (Å²) in [6.45, 7) is 0. The highest BCUT2D eigenvalue weighted by atomic mass is 19.1. The van der Waals surface area contributed by atoms with Crippen LogP contribution in [0.3, 0.4) is 0 Å². The maximum absolute atomic E-state index is 14.2. The van der Waals surface area contributed by atoms with Gasteiger partial charge in [0, 0.05) is 30.6 Å². The molecule has 0 spiro atoms. The lowest BCUT2D eigenvalue weighted by Crippen LogP contribution is -2.31. The molecule has 3 rings (SSSR count). The fourth-order valence-electron chi connectivity index (χ4n) is 2.46. The average molecular weight is 327 g/mol. The van der Waals surface area contributed by atoms with Gasteiger partial charge in [0.2, 0.25) is 0 Å². The van der Waals surface area contributed by atoms with Crippen molar-refractivity contribution < 1.29 is 13.6 Å². The summed E-state index contributed by atoms with van der Waals surface area (Å²) in [5.74, 6) is -0.812. The molecule has 0 aliphatic rings. The van der Waals surface area contributed by atoms with Gasteiger partial charge in [0.15, 0.2) is 0 Å². The standard InChI is InChI=1S/C18H15F2N3O/c1-23-11-10-21-17(23)16(14-4-2-3-5-15(14)20)22-18(24)12-6-8-13(19)9-7-12/h2-11,16H,1H3,(H,22,24)/t16-/m1/s1. The number of carbonyl (C=O) groups is 1. The number of aryl methyl sites for hydroxylation is 1. The highest BCUT2D eigenvalue weighted by Crippen LogP contribution is 2.23. The minimum atomic E-state index is -0.760. The SMILES string of the molecule is Cn1ccnc1[C@H](NC(=O)c1ccc(F)cc1)c1ccccc1F. The van der Waals surface area contributed by atoms with Crippen LogP contribution in [0, 0.1) is 11.6 Å². The van der Waals surface area contributed by atoms with Crippen molar-refractivity contribution in [2.45, 2.75) is 6.04 Å². The number of benzene rings is 2. The summed E-state index contributed by atoms with van der Waals surface area (Å²) in [5.41, 5.74) is 0.592. The molecular weight excluding hydrogens is 312 g/mol. The maximum atomic E-state index is 14.2. The molecule has 1 N–H and O–H groups in total. The molecule has 0 saturated carbocycles. The Morgan fingerprint density at radius 3 is 2.46 bits per heavy atom. The highest BCUT2D eigenvalue weighted by Gasteiger charge is 2.24. The number of nitrogens with zero attached hydrogens (tertiary/aromatic N) is 2. The summed E-state index contributed by atoms with van der Waals surface area (Å²) in [5, 5.41) is 2.77. The van der Waals surface area contributed by atoms with E-state index in [0.717, 1.165) is 0 Å². The van der Waals surface area contributed by atoms with Crippen LogP contribution in [0.25, 0.3) is 0 Å². The van der Waals surface area contributed by atoms with Gasteiger partial charge in [-0.2, -0.15) is 0 Å². The molecule has 6 heteroatoms. The third-order valence-corrected chi connectivity index (χ3v) is 3.71. The zero-order chi connectivity index (χ0) is 17.1. The van der Waals surface area contributed by atoms with E-state index >= 15 is 0 Å². The monoisotopic (exact) mass is 327 g/mol. The van der Waals surface area contributed by atoms with E-state index in [1.54, 1.807) is 42.2 Å². The molecule has 1 amide bonds. The maximum Gasteiger partial charge on any atom is 0.252 e. The summed E-state index contributed by atoms with van der Waals surface area (Å²) in [6.07, 6.45) is 3.29. The van der Waals surface area contributed by atoms with Gasteiger partial charge in [0.1, 0.15) is 23.5 Å². The zero-order valence-corrected chi connectivity index (χ0v) is 12.9. The van der Waals surface area contributed by atoms with Crippen molar-refractivity contribution in [1.82, 2.24) is 14.9 Å². The van der Waals surface area contributed by atoms with E-state index in [2.05, 4.69) is 10.3 Å². The van der Waals surface area contributed by atoms with Crippen molar-refractivity contribution in [3.8, 4) is 0 Å². The molecule has 3 aromatic rings. The molecule has 2 aromatic carbocycles. The molecule has 0 saturated heterocycles. The number of aromatic nitrogens is 2. The van der Waals surface area contributed by atoms with Crippen molar-refractivity contribution in [2.24, 2.45) is 7.05 Å². The molecule has 0 bridgehead atoms. The summed E-state index contributed by atoms with van der Waals surface area (Å²) in [6, 6.07) is 10.6. The Kier molecular flexibility index (Phi) is 4.37. The van der Waals surface area contributed by atoms with Crippen LogP contribution >= 0.6 is 0 Å². The van der Waals surface area contributed by atoms with Crippen molar-refractivity contribution in [1.29, 1.82) is 0 Å². The number of imidazole rings is 1. The largest absolute Gasteiger partial charge is 0.338 e. The van der Waals surface area contributed by atoms with E-state index in [-0.39, 0.29) is 5.56 Å². The molecule has 0 aliphatic heterocycles. The number of hydrogen-bond acceptors (Lipinski definition) is 2. The molecule has 1 atom stereocenters. The van der Waals surface area contributed by atoms with E-state index in [1.165, 1.54) is 30.3 Å². The summed E-state index contributed by atoms with van der Waals surface area (Å²) in [7, 11) is 1.76. The lowest BCUT2D eigenvalue weighted by atomic mass is 10.0. The molecule has 4 nitrogen and oxygen atoms in total. The molecule has 1 aromatic heterocycles. The molecule has 24 heavy (non-hydrogen) atoms. The van der Waals surface area contributed by atoms with Crippen LogP contribution in [-0.4, -0.2) is 15.5 Å². The van der Waals surface area contributed by atoms with Crippen LogP contribution in [0.15, 0.2) is 60.9 Å². The fourth-order valence-corrected chi connectivity index (χ4v) is 2.46. The van der Waals surface area contributed by atoms with Crippen LogP contribution in [0.5, 0.6) is 0 Å². The fraction of sp³-hybridized carbons (Fsp3) is 0.111. The second-order valence-corrected chi connectivity index (χ2v) is 5.33. The van der Waals surface area contributed by atoms with Gasteiger partial charge in [-0.25, -0.2) is 13.8 Å². The van der Waals surface area contributed by atoms with Crippen LogP contribution in [0.2, 0.25) is 0 Å². The van der Waals surface area contributed by atoms with Crippen molar-refractivity contribution in [2.75, 3.05) is 0 Å². The van der Waals surface area contributed by atoms with E-state index < -0.39 is 23.6 Å². The van der Waals surface area contributed by atoms with Gasteiger partial charge >= 0.3 is 0 Å². The van der Waals surface area contributed by atoms with Crippen LogP contribution in [-0.2, 0) is 7.05 Å². The van der Waals surface area contributed by atoms with Crippen LogP contribution in [0.4, 0.5) is 8.78 Å². The van der Waals surface area contributed by atoms with E-state index in [9.17, 15) is 13.6 Å². The van der Waals surface area contributed by atoms with Gasteiger partial charge in [0.05, 0.1) is 0 Å². The quantitative estimate of drug-likeness (QED) is 0.800. The normalized spacial score (nSPS) is 12.0. The Hall–Kier alpha value is -3.02. The first-order chi connectivity index (χ1) is 11.6. The minimum absolute atomic E-state index is 0.284. The number of nitrogens with one attached hydrogen (secondary N) is 1. The van der Waals surface area contributed by atoms with Gasteiger partial charge in [-0.3, -0.25) is 4.79 Å². The number of carbonyl (C=O) groups excluding carboxylic acids is 1. The van der Waals surface area contributed by atoms with Crippen molar-refractivity contribution >= 4 is 5.91 Å². The molecule has 1 heterocycles. The molecular formula is C18H15F2N3O. The average Bonchev–Trinajstić information content (AvgIpc) is 3.00. The van der Waals surface area contributed by atoms with E-state index in [0.29, 0.717) is 11.4 Å². The predicted octanol–water partition coefficient (Wildman–Crippen LogP) is 3.22. The molecule has 0 radical (unpaired) electrons. The third kappa shape index (κ3) is 3.17. The molecule has 0 unspecified atom stereocenters. The minimum Gasteiger partial charge on any atom is -0.338 e. The summed E-state index contributed by atoms with van der Waals surface area (Å²) < 4.78 is 29.0. The second-order valence-electron chi connectivity index (χ2n) is 5.33. The smallest absolute Gasteiger partial charge is 0.252 e. The third-order valence-electron chi connectivity index (χ3n) is 3.71. The Morgan fingerprint density at radius 1 is 1.12 bits per heavy atom. The summed E-state index contributed by atoms with van der Waals surface area (Å²) >= 11 is 0. The number of hydrogen-bond donors (Lipinski definition) is 1. The molecule has 122 valence electrons. The topological polar surface area (TPSA) is 46.9 Å². The van der Waals surface area contributed by atoms with E-state index in [1.807, 2.05) is 0 Å². The zero-order valence-electron chi connectivity index (χ0n) is 12.9. The summed E-state index contributed by atoms with van der Waals surface area (Å²) in [4.78, 5) is 16.7. The van der Waals surface area contributed by atoms with Crippen molar-refractivity contribution in [3.05, 3.63) is 89.5 Å². The Labute approximate surface area is 137 Å². The van der Waals surface area contributed by atoms with Gasteiger partial charge in [-0.15, -0.1) is 0 Å². The first-order valence-corrected chi connectivity index (χ1v) is 7.34. The number of halogens is 2. The number of rotatable bonds is 4. The first kappa shape index (κ1) is 15.9. The Bertz CT molecular complexity index is 859. The highest BCUT2D eigenvalue weighted by molar-refractivity contribution is 5.94. The van der Waals surface area contributed by atoms with Crippen LogP contribution < -0.4 is 5.32 Å². The molecule has 0 aliphatic carbocycles. The molecule has 0 fully saturated rings.